The maximum Gasteiger partial charge on any atom is 0.471 e. The molecule has 1 heterocycles. The van der Waals surface area contributed by atoms with E-state index in [-0.39, 0.29) is 4.90 Å². The summed E-state index contributed by atoms with van der Waals surface area (Å²) in [7, 11) is 0. The van der Waals surface area contributed by atoms with Gasteiger partial charge in [-0.2, -0.15) is 13.2 Å². The summed E-state index contributed by atoms with van der Waals surface area (Å²) >= 11 is 0. The van der Waals surface area contributed by atoms with E-state index in [2.05, 4.69) is 4.74 Å². The van der Waals surface area contributed by atoms with Crippen molar-refractivity contribution in [2.45, 2.75) is 64.3 Å². The van der Waals surface area contributed by atoms with E-state index >= 15 is 0 Å². The van der Waals surface area contributed by atoms with Gasteiger partial charge in [-0.15, -0.1) is 0 Å². The van der Waals surface area contributed by atoms with Gasteiger partial charge in [0.25, 0.3) is 0 Å². The number of carbonyl (C=O) groups is 6. The summed E-state index contributed by atoms with van der Waals surface area (Å²) in [5, 5.41) is 9.61. The molecule has 1 rings (SSSR count). The number of hydrogen-bond donors (Lipinski definition) is 1. The normalized spacial score (nSPS) is 25.3. The number of carbonyl (C=O) groups excluding carboxylic acids is 5. The second kappa shape index (κ2) is 10.3. The number of esters is 4. The largest absolute Gasteiger partial charge is 0.480 e. The number of halogens is 3. The Balaban J connectivity index is 3.81. The van der Waals surface area contributed by atoms with E-state index in [1.54, 1.807) is 0 Å². The van der Waals surface area contributed by atoms with Crippen molar-refractivity contribution in [3.8, 4) is 0 Å². The van der Waals surface area contributed by atoms with Crippen LogP contribution in [0.4, 0.5) is 13.2 Å². The quantitative estimate of drug-likeness (QED) is 0.395. The van der Waals surface area contributed by atoms with Gasteiger partial charge >= 0.3 is 41.9 Å². The summed E-state index contributed by atoms with van der Waals surface area (Å²) in [6.07, 6.45) is -11.8. The Kier molecular flexibility index (Phi) is 8.56. The number of carboxylic acids is 1. The zero-order valence-electron chi connectivity index (χ0n) is 17.2. The number of ether oxygens (including phenoxy) is 4. The molecule has 1 aliphatic rings. The van der Waals surface area contributed by atoms with Crippen LogP contribution in [0.1, 0.15) is 27.7 Å². The van der Waals surface area contributed by atoms with Gasteiger partial charge in [0.05, 0.1) is 0 Å². The zero-order valence-corrected chi connectivity index (χ0v) is 17.2. The summed E-state index contributed by atoms with van der Waals surface area (Å²) in [5.74, 6) is -9.23. The standard InChI is InChI=1S/C17H20F3NO11/c1-6(22)29-5-10-12(30-7(2)23)14(32-9(4)25)13(31-8(3)24)11(15(26)27)21(10)16(28)17(18,19)20/h10-14H,5H2,1-4H3,(H,26,27)/t10-,11+,12-,13+,14+/m1/s1. The molecular weight excluding hydrogens is 451 g/mol. The molecule has 0 spiro atoms. The molecule has 32 heavy (non-hydrogen) atoms. The van der Waals surface area contributed by atoms with E-state index < -0.39 is 78.9 Å². The number of rotatable bonds is 6. The first-order valence-electron chi connectivity index (χ1n) is 8.85. The summed E-state index contributed by atoms with van der Waals surface area (Å²) in [5.41, 5.74) is 0. The number of likely N-dealkylation sites (tertiary alicyclic amines) is 1. The molecule has 0 bridgehead atoms. The van der Waals surface area contributed by atoms with Gasteiger partial charge in [0.15, 0.2) is 24.4 Å². The molecule has 1 saturated heterocycles. The van der Waals surface area contributed by atoms with Crippen molar-refractivity contribution in [2.24, 2.45) is 0 Å². The summed E-state index contributed by atoms with van der Waals surface area (Å²) < 4.78 is 59.3. The van der Waals surface area contributed by atoms with Gasteiger partial charge in [0.1, 0.15) is 12.6 Å². The molecule has 12 nitrogen and oxygen atoms in total. The molecule has 0 aromatic carbocycles. The van der Waals surface area contributed by atoms with Crippen LogP contribution in [-0.2, 0) is 47.7 Å². The predicted octanol–water partition coefficient (Wildman–Crippen LogP) is -0.429. The Bertz CT molecular complexity index is 797. The summed E-state index contributed by atoms with van der Waals surface area (Å²) in [4.78, 5) is 69.9. The van der Waals surface area contributed by atoms with Crippen LogP contribution in [0.5, 0.6) is 0 Å². The molecule has 1 fully saturated rings. The number of piperidine rings is 1. The molecule has 1 amide bonds. The Morgan fingerprint density at radius 1 is 0.781 bits per heavy atom. The van der Waals surface area contributed by atoms with E-state index in [9.17, 15) is 47.0 Å². The molecule has 1 aliphatic heterocycles. The second-order valence-corrected chi connectivity index (χ2v) is 6.59. The number of nitrogens with zero attached hydrogens (tertiary/aromatic N) is 1. The molecule has 0 aliphatic carbocycles. The molecule has 0 radical (unpaired) electrons. The smallest absolute Gasteiger partial charge is 0.471 e. The number of hydrogen-bond acceptors (Lipinski definition) is 10. The molecule has 5 atom stereocenters. The first-order valence-corrected chi connectivity index (χ1v) is 8.85. The van der Waals surface area contributed by atoms with Crippen LogP contribution >= 0.6 is 0 Å². The fourth-order valence-electron chi connectivity index (χ4n) is 3.16. The van der Waals surface area contributed by atoms with E-state index in [0.717, 1.165) is 27.7 Å². The third-order valence-electron chi connectivity index (χ3n) is 4.09. The van der Waals surface area contributed by atoms with Gasteiger partial charge in [-0.05, 0) is 0 Å². The van der Waals surface area contributed by atoms with Crippen LogP contribution in [0.2, 0.25) is 0 Å². The lowest BCUT2D eigenvalue weighted by molar-refractivity contribution is -0.234. The lowest BCUT2D eigenvalue weighted by atomic mass is 9.87. The van der Waals surface area contributed by atoms with E-state index in [1.165, 1.54) is 0 Å². The monoisotopic (exact) mass is 471 g/mol. The molecule has 0 aromatic rings. The Hall–Kier alpha value is -3.39. The third-order valence-corrected chi connectivity index (χ3v) is 4.09. The van der Waals surface area contributed by atoms with Crippen molar-refractivity contribution in [2.75, 3.05) is 6.61 Å². The Morgan fingerprint density at radius 2 is 1.22 bits per heavy atom. The maximum atomic E-state index is 13.3. The van der Waals surface area contributed by atoms with Crippen LogP contribution in [-0.4, -0.2) is 88.9 Å². The second-order valence-electron chi connectivity index (χ2n) is 6.59. The Morgan fingerprint density at radius 3 is 1.59 bits per heavy atom. The highest BCUT2D eigenvalue weighted by Gasteiger charge is 2.62. The van der Waals surface area contributed by atoms with Crippen LogP contribution in [0.25, 0.3) is 0 Å². The van der Waals surface area contributed by atoms with E-state index in [0.29, 0.717) is 0 Å². The van der Waals surface area contributed by atoms with Gasteiger partial charge in [-0.1, -0.05) is 0 Å². The van der Waals surface area contributed by atoms with Crippen LogP contribution in [0, 0.1) is 0 Å². The van der Waals surface area contributed by atoms with Crippen molar-refractivity contribution in [3.05, 3.63) is 0 Å². The minimum Gasteiger partial charge on any atom is -0.480 e. The SMILES string of the molecule is CC(=O)OC[C@@H]1[C@@H](OC(C)=O)[C@H](OC(C)=O)[C@@H](OC(C)=O)[C@@H](C(=O)O)N1C(=O)C(F)(F)F. The molecule has 180 valence electrons. The minimum atomic E-state index is -5.63. The zero-order chi connectivity index (χ0) is 25.0. The topological polar surface area (TPSA) is 163 Å². The average Bonchev–Trinajstić information content (AvgIpc) is 2.59. The van der Waals surface area contributed by atoms with Gasteiger partial charge < -0.3 is 29.0 Å². The first kappa shape index (κ1) is 26.6. The van der Waals surface area contributed by atoms with Crippen molar-refractivity contribution in [3.63, 3.8) is 0 Å². The number of alkyl halides is 3. The molecular formula is C17H20F3NO11. The van der Waals surface area contributed by atoms with Gasteiger partial charge in [-0.3, -0.25) is 24.0 Å². The van der Waals surface area contributed by atoms with Crippen LogP contribution in [0.15, 0.2) is 0 Å². The fraction of sp³-hybridized carbons (Fsp3) is 0.647. The fourth-order valence-corrected chi connectivity index (χ4v) is 3.16. The predicted molar refractivity (Wildman–Crippen MR) is 91.4 cm³/mol. The molecule has 0 unspecified atom stereocenters. The molecule has 1 N–H and O–H groups in total. The van der Waals surface area contributed by atoms with Crippen LogP contribution in [0.3, 0.4) is 0 Å². The summed E-state index contributed by atoms with van der Waals surface area (Å²) in [6.45, 7) is 2.27. The maximum absolute atomic E-state index is 13.3. The minimum absolute atomic E-state index is 0.271. The number of carboxylic acid groups (broad SMARTS) is 1. The van der Waals surface area contributed by atoms with Gasteiger partial charge in [0, 0.05) is 27.7 Å². The number of amides is 1. The third kappa shape index (κ3) is 6.55. The average molecular weight is 471 g/mol. The Labute approximate surface area is 178 Å². The number of aliphatic carboxylic acids is 1. The highest BCUT2D eigenvalue weighted by molar-refractivity contribution is 5.89. The summed E-state index contributed by atoms with van der Waals surface area (Å²) in [6, 6.07) is -4.63. The van der Waals surface area contributed by atoms with E-state index in [4.69, 9.17) is 14.2 Å². The highest BCUT2D eigenvalue weighted by atomic mass is 19.4. The van der Waals surface area contributed by atoms with Crippen LogP contribution < -0.4 is 0 Å². The molecule has 0 saturated carbocycles. The van der Waals surface area contributed by atoms with Crippen molar-refractivity contribution < 1.29 is 66.0 Å². The highest BCUT2D eigenvalue weighted by Crippen LogP contribution is 2.35. The van der Waals surface area contributed by atoms with Crippen molar-refractivity contribution >= 4 is 35.8 Å². The van der Waals surface area contributed by atoms with Gasteiger partial charge in [-0.25, -0.2) is 4.79 Å². The van der Waals surface area contributed by atoms with Crippen molar-refractivity contribution in [1.82, 2.24) is 4.90 Å². The lowest BCUT2D eigenvalue weighted by Crippen LogP contribution is -2.73. The molecule has 0 aromatic heterocycles. The van der Waals surface area contributed by atoms with E-state index in [1.807, 2.05) is 0 Å². The van der Waals surface area contributed by atoms with Crippen molar-refractivity contribution in [1.29, 1.82) is 0 Å². The first-order chi connectivity index (χ1) is 14.6. The molecule has 15 heteroatoms. The van der Waals surface area contributed by atoms with Gasteiger partial charge in [0.2, 0.25) is 0 Å². The lowest BCUT2D eigenvalue weighted by Gasteiger charge is -2.49.